The van der Waals surface area contributed by atoms with E-state index in [2.05, 4.69) is 44.9 Å². The summed E-state index contributed by atoms with van der Waals surface area (Å²) in [5.74, 6) is 6.12. The third kappa shape index (κ3) is 5.46. The largest absolute Gasteiger partial charge is 0.326 e. The molecule has 0 radical (unpaired) electrons. The molecule has 0 aliphatic carbocycles. The lowest BCUT2D eigenvalue weighted by molar-refractivity contribution is -0.117. The summed E-state index contributed by atoms with van der Waals surface area (Å²) >= 11 is 0. The molecule has 3 nitrogen and oxygen atoms in total. The van der Waals surface area contributed by atoms with Crippen LogP contribution < -0.4 is 11.1 Å². The average Bonchev–Trinajstić information content (AvgIpc) is 2.35. The van der Waals surface area contributed by atoms with Crippen molar-refractivity contribution in [2.45, 2.75) is 34.1 Å². The average molecular weight is 272 g/mol. The Morgan fingerprint density at radius 2 is 2.10 bits per heavy atom. The van der Waals surface area contributed by atoms with Crippen LogP contribution in [0.4, 0.5) is 5.69 Å². The van der Waals surface area contributed by atoms with Gasteiger partial charge in [-0.3, -0.25) is 4.79 Å². The van der Waals surface area contributed by atoms with Gasteiger partial charge in [-0.2, -0.15) is 0 Å². The Morgan fingerprint density at radius 3 is 2.70 bits per heavy atom. The van der Waals surface area contributed by atoms with Crippen LogP contribution in [0, 0.1) is 23.2 Å². The Hall–Kier alpha value is -1.79. The first-order chi connectivity index (χ1) is 9.32. The van der Waals surface area contributed by atoms with Crippen LogP contribution in [0.25, 0.3) is 0 Å². The summed E-state index contributed by atoms with van der Waals surface area (Å²) in [5, 5.41) is 2.92. The summed E-state index contributed by atoms with van der Waals surface area (Å²) < 4.78 is 0. The second kappa shape index (κ2) is 7.12. The van der Waals surface area contributed by atoms with Crippen molar-refractivity contribution in [3.8, 4) is 11.8 Å². The molecule has 0 saturated carbocycles. The minimum absolute atomic E-state index is 0.0383. The fourth-order valence-corrected chi connectivity index (χ4v) is 1.62. The van der Waals surface area contributed by atoms with Gasteiger partial charge in [0.25, 0.3) is 0 Å². The Bertz CT molecular complexity index is 518. The summed E-state index contributed by atoms with van der Waals surface area (Å²) in [6, 6.07) is 7.51. The summed E-state index contributed by atoms with van der Waals surface area (Å²) in [6.45, 7) is 8.87. The van der Waals surface area contributed by atoms with E-state index >= 15 is 0 Å². The second-order valence-electron chi connectivity index (χ2n) is 6.11. The molecular formula is C17H24N2O. The van der Waals surface area contributed by atoms with Gasteiger partial charge in [0.2, 0.25) is 5.91 Å². The first-order valence-corrected chi connectivity index (χ1v) is 6.92. The van der Waals surface area contributed by atoms with Crippen molar-refractivity contribution in [1.29, 1.82) is 0 Å². The second-order valence-corrected chi connectivity index (χ2v) is 6.11. The van der Waals surface area contributed by atoms with Crippen LogP contribution in [0.3, 0.4) is 0 Å². The van der Waals surface area contributed by atoms with Gasteiger partial charge in [0.05, 0.1) is 6.54 Å². The highest BCUT2D eigenvalue weighted by atomic mass is 16.1. The molecule has 0 bridgehead atoms. The molecule has 0 fully saturated rings. The molecule has 0 heterocycles. The fraction of sp³-hybridized carbons (Fsp3) is 0.471. The van der Waals surface area contributed by atoms with Crippen LogP contribution in [0.2, 0.25) is 0 Å². The standard InChI is InChI=1S/C17H24N2O/c1-13(17(2,3)4)11-16(20)19-15-9-5-7-14(12-15)8-6-10-18/h5,7,9,12-13H,10-11,18H2,1-4H3,(H,19,20). The number of hydrogen-bond donors (Lipinski definition) is 2. The highest BCUT2D eigenvalue weighted by Gasteiger charge is 2.22. The molecule has 3 heteroatoms. The molecule has 20 heavy (non-hydrogen) atoms. The predicted octanol–water partition coefficient (Wildman–Crippen LogP) is 3.01. The monoisotopic (exact) mass is 272 g/mol. The van der Waals surface area contributed by atoms with Gasteiger partial charge in [-0.25, -0.2) is 0 Å². The molecule has 108 valence electrons. The number of carbonyl (C=O) groups is 1. The van der Waals surface area contributed by atoms with E-state index in [0.29, 0.717) is 18.9 Å². The zero-order valence-electron chi connectivity index (χ0n) is 12.8. The maximum atomic E-state index is 12.0. The molecule has 3 N–H and O–H groups in total. The van der Waals surface area contributed by atoms with E-state index in [9.17, 15) is 4.79 Å². The van der Waals surface area contributed by atoms with E-state index in [1.54, 1.807) is 0 Å². The van der Waals surface area contributed by atoms with Crippen molar-refractivity contribution in [2.24, 2.45) is 17.1 Å². The number of anilines is 1. The van der Waals surface area contributed by atoms with Crippen molar-refractivity contribution in [3.05, 3.63) is 29.8 Å². The maximum Gasteiger partial charge on any atom is 0.224 e. The normalized spacial score (nSPS) is 12.2. The van der Waals surface area contributed by atoms with E-state index in [1.807, 2.05) is 24.3 Å². The molecule has 0 saturated heterocycles. The highest BCUT2D eigenvalue weighted by molar-refractivity contribution is 5.91. The van der Waals surface area contributed by atoms with E-state index in [4.69, 9.17) is 5.73 Å². The van der Waals surface area contributed by atoms with Gasteiger partial charge in [0, 0.05) is 17.7 Å². The van der Waals surface area contributed by atoms with Crippen LogP contribution in [0.5, 0.6) is 0 Å². The molecule has 0 spiro atoms. The van der Waals surface area contributed by atoms with E-state index < -0.39 is 0 Å². The van der Waals surface area contributed by atoms with Crippen LogP contribution in [0.15, 0.2) is 24.3 Å². The summed E-state index contributed by atoms with van der Waals surface area (Å²) in [7, 11) is 0. The number of hydrogen-bond acceptors (Lipinski definition) is 2. The predicted molar refractivity (Wildman–Crippen MR) is 84.2 cm³/mol. The molecule has 0 aliphatic rings. The van der Waals surface area contributed by atoms with Gasteiger partial charge >= 0.3 is 0 Å². The molecule has 1 atom stereocenters. The molecule has 1 rings (SSSR count). The number of rotatable bonds is 3. The first kappa shape index (κ1) is 16.3. The quantitative estimate of drug-likeness (QED) is 0.831. The maximum absolute atomic E-state index is 12.0. The summed E-state index contributed by atoms with van der Waals surface area (Å²) in [4.78, 5) is 12.0. The van der Waals surface area contributed by atoms with Crippen molar-refractivity contribution >= 4 is 11.6 Å². The smallest absolute Gasteiger partial charge is 0.224 e. The SMILES string of the molecule is CC(CC(=O)Nc1cccc(C#CCN)c1)C(C)(C)C. The molecular weight excluding hydrogens is 248 g/mol. The molecule has 1 aromatic carbocycles. The van der Waals surface area contributed by atoms with Crippen molar-refractivity contribution in [2.75, 3.05) is 11.9 Å². The van der Waals surface area contributed by atoms with E-state index in [-0.39, 0.29) is 11.3 Å². The Morgan fingerprint density at radius 1 is 1.40 bits per heavy atom. The topological polar surface area (TPSA) is 55.1 Å². The molecule has 1 unspecified atom stereocenters. The number of nitrogens with one attached hydrogen (secondary N) is 1. The summed E-state index contributed by atoms with van der Waals surface area (Å²) in [6.07, 6.45) is 0.516. The van der Waals surface area contributed by atoms with Gasteiger partial charge in [-0.15, -0.1) is 0 Å². The Kier molecular flexibility index (Phi) is 5.79. The van der Waals surface area contributed by atoms with Crippen LogP contribution in [-0.4, -0.2) is 12.5 Å². The van der Waals surface area contributed by atoms with E-state index in [0.717, 1.165) is 11.3 Å². The first-order valence-electron chi connectivity index (χ1n) is 6.92. The summed E-state index contributed by atoms with van der Waals surface area (Å²) in [5.41, 5.74) is 7.11. The number of nitrogens with two attached hydrogens (primary N) is 1. The molecule has 1 amide bonds. The number of amides is 1. The minimum atomic E-state index is 0.0383. The van der Waals surface area contributed by atoms with Gasteiger partial charge in [-0.05, 0) is 29.5 Å². The lowest BCUT2D eigenvalue weighted by Gasteiger charge is -2.26. The van der Waals surface area contributed by atoms with Gasteiger partial charge in [0.1, 0.15) is 0 Å². The lowest BCUT2D eigenvalue weighted by atomic mass is 9.80. The minimum Gasteiger partial charge on any atom is -0.326 e. The van der Waals surface area contributed by atoms with Gasteiger partial charge in [-0.1, -0.05) is 45.6 Å². The lowest BCUT2D eigenvalue weighted by Crippen LogP contribution is -2.23. The van der Waals surface area contributed by atoms with Crippen molar-refractivity contribution < 1.29 is 4.79 Å². The van der Waals surface area contributed by atoms with Crippen LogP contribution in [-0.2, 0) is 4.79 Å². The van der Waals surface area contributed by atoms with Gasteiger partial charge in [0.15, 0.2) is 0 Å². The molecule has 1 aromatic rings. The highest BCUT2D eigenvalue weighted by Crippen LogP contribution is 2.28. The molecule has 0 aliphatic heterocycles. The van der Waals surface area contributed by atoms with Crippen molar-refractivity contribution in [1.82, 2.24) is 0 Å². The Balaban J connectivity index is 2.67. The van der Waals surface area contributed by atoms with Crippen LogP contribution >= 0.6 is 0 Å². The third-order valence-corrected chi connectivity index (χ3v) is 3.45. The van der Waals surface area contributed by atoms with Crippen molar-refractivity contribution in [3.63, 3.8) is 0 Å². The van der Waals surface area contributed by atoms with Gasteiger partial charge < -0.3 is 11.1 Å². The third-order valence-electron chi connectivity index (χ3n) is 3.45. The Labute approximate surface area is 121 Å². The fourth-order valence-electron chi connectivity index (χ4n) is 1.62. The number of carbonyl (C=O) groups excluding carboxylic acids is 1. The number of benzene rings is 1. The van der Waals surface area contributed by atoms with E-state index in [1.165, 1.54) is 0 Å². The zero-order chi connectivity index (χ0) is 15.2. The molecule has 0 aromatic heterocycles. The van der Waals surface area contributed by atoms with Crippen LogP contribution in [0.1, 0.15) is 39.7 Å². The zero-order valence-corrected chi connectivity index (χ0v) is 12.8.